The summed E-state index contributed by atoms with van der Waals surface area (Å²) in [5.74, 6) is -1.91. The zero-order valence-electron chi connectivity index (χ0n) is 13.1. The highest BCUT2D eigenvalue weighted by Gasteiger charge is 2.27. The van der Waals surface area contributed by atoms with Gasteiger partial charge in [0.1, 0.15) is 11.6 Å². The van der Waals surface area contributed by atoms with E-state index in [1.807, 2.05) is 0 Å². The van der Waals surface area contributed by atoms with Gasteiger partial charge in [0.15, 0.2) is 6.54 Å². The van der Waals surface area contributed by atoms with Crippen molar-refractivity contribution in [1.29, 1.82) is 0 Å². The van der Waals surface area contributed by atoms with E-state index in [0.29, 0.717) is 25.9 Å². The van der Waals surface area contributed by atoms with Gasteiger partial charge in [-0.15, -0.1) is 0 Å². The molecule has 1 aliphatic rings. The summed E-state index contributed by atoms with van der Waals surface area (Å²) in [6.45, 7) is 3.34. The first kappa shape index (κ1) is 17.3. The number of halogens is 2. The Hall–Kier alpha value is -2.02. The molecule has 4 N–H and O–H groups in total. The molecule has 0 saturated carbocycles. The van der Waals surface area contributed by atoms with Gasteiger partial charge in [0.25, 0.3) is 5.91 Å². The van der Waals surface area contributed by atoms with Gasteiger partial charge < -0.3 is 16.0 Å². The number of carbonyl (C=O) groups excluding carboxylic acids is 2. The lowest BCUT2D eigenvalue weighted by Gasteiger charge is -2.27. The van der Waals surface area contributed by atoms with E-state index in [0.717, 1.165) is 11.0 Å². The summed E-state index contributed by atoms with van der Waals surface area (Å²) in [6, 6.07) is 2.77. The van der Waals surface area contributed by atoms with Crippen LogP contribution in [0.2, 0.25) is 0 Å². The van der Waals surface area contributed by atoms with Gasteiger partial charge in [-0.05, 0) is 13.0 Å². The molecule has 1 aromatic carbocycles. The molecule has 5 nitrogen and oxygen atoms in total. The van der Waals surface area contributed by atoms with Gasteiger partial charge in [-0.25, -0.2) is 8.78 Å². The molecule has 7 heteroatoms. The molecule has 0 bridgehead atoms. The number of primary amides is 1. The summed E-state index contributed by atoms with van der Waals surface area (Å²) >= 11 is 0. The van der Waals surface area contributed by atoms with Crippen molar-refractivity contribution in [1.82, 2.24) is 5.32 Å². The highest BCUT2D eigenvalue weighted by Crippen LogP contribution is 2.17. The Morgan fingerprint density at radius 2 is 2.00 bits per heavy atom. The fourth-order valence-electron chi connectivity index (χ4n) is 2.94. The minimum Gasteiger partial charge on any atom is -0.369 e. The summed E-state index contributed by atoms with van der Waals surface area (Å²) in [6.07, 6.45) is 1.36. The second kappa shape index (κ2) is 7.50. The van der Waals surface area contributed by atoms with Crippen LogP contribution in [-0.4, -0.2) is 31.4 Å². The van der Waals surface area contributed by atoms with Crippen LogP contribution in [-0.2, 0) is 9.59 Å². The van der Waals surface area contributed by atoms with Crippen LogP contribution in [0.3, 0.4) is 0 Å². The van der Waals surface area contributed by atoms with E-state index in [4.69, 9.17) is 5.73 Å². The molecular formula is C16H22F2N3O2+. The monoisotopic (exact) mass is 326 g/mol. The van der Waals surface area contributed by atoms with Gasteiger partial charge >= 0.3 is 0 Å². The van der Waals surface area contributed by atoms with Crippen LogP contribution >= 0.6 is 0 Å². The smallest absolute Gasteiger partial charge is 0.275 e. The minimum atomic E-state index is -0.674. The third kappa shape index (κ3) is 4.72. The SMILES string of the molecule is C[C@@H](NC(=O)C[NH+]1CCC(C(N)=O)CC1)c1ccc(F)cc1F. The Labute approximate surface area is 133 Å². The van der Waals surface area contributed by atoms with E-state index in [2.05, 4.69) is 5.32 Å². The van der Waals surface area contributed by atoms with E-state index in [9.17, 15) is 18.4 Å². The van der Waals surface area contributed by atoms with Crippen molar-refractivity contribution in [2.75, 3.05) is 19.6 Å². The molecular weight excluding hydrogens is 304 g/mol. The number of quaternary nitrogens is 1. The van der Waals surface area contributed by atoms with Crippen molar-refractivity contribution >= 4 is 11.8 Å². The van der Waals surface area contributed by atoms with Gasteiger partial charge in [0.05, 0.1) is 19.1 Å². The molecule has 1 heterocycles. The van der Waals surface area contributed by atoms with Crippen molar-refractivity contribution in [2.45, 2.75) is 25.8 Å². The maximum Gasteiger partial charge on any atom is 0.275 e. The second-order valence-corrected chi connectivity index (χ2v) is 6.06. The number of piperidine rings is 1. The molecule has 1 aromatic rings. The van der Waals surface area contributed by atoms with Crippen LogP contribution in [0.4, 0.5) is 8.78 Å². The third-order valence-corrected chi connectivity index (χ3v) is 4.31. The number of nitrogens with two attached hydrogens (primary N) is 1. The van der Waals surface area contributed by atoms with Crippen molar-refractivity contribution in [3.8, 4) is 0 Å². The fourth-order valence-corrected chi connectivity index (χ4v) is 2.94. The minimum absolute atomic E-state index is 0.103. The lowest BCUT2D eigenvalue weighted by Crippen LogP contribution is -3.14. The topological polar surface area (TPSA) is 76.6 Å². The quantitative estimate of drug-likeness (QED) is 0.708. The molecule has 1 saturated heterocycles. The summed E-state index contributed by atoms with van der Waals surface area (Å²) < 4.78 is 26.6. The van der Waals surface area contributed by atoms with Crippen LogP contribution in [0, 0.1) is 17.6 Å². The van der Waals surface area contributed by atoms with Crippen molar-refractivity contribution < 1.29 is 23.3 Å². The van der Waals surface area contributed by atoms with Crippen molar-refractivity contribution in [2.24, 2.45) is 11.7 Å². The molecule has 0 aromatic heterocycles. The van der Waals surface area contributed by atoms with E-state index in [1.165, 1.54) is 12.1 Å². The van der Waals surface area contributed by atoms with E-state index < -0.39 is 17.7 Å². The number of hydrogen-bond donors (Lipinski definition) is 3. The largest absolute Gasteiger partial charge is 0.369 e. The molecule has 0 aliphatic carbocycles. The maximum atomic E-state index is 13.7. The summed E-state index contributed by atoms with van der Waals surface area (Å²) in [5.41, 5.74) is 5.53. The van der Waals surface area contributed by atoms with Crippen LogP contribution in [0.5, 0.6) is 0 Å². The lowest BCUT2D eigenvalue weighted by atomic mass is 9.96. The third-order valence-electron chi connectivity index (χ3n) is 4.31. The first-order chi connectivity index (χ1) is 10.9. The van der Waals surface area contributed by atoms with Crippen LogP contribution < -0.4 is 16.0 Å². The number of amides is 2. The molecule has 0 radical (unpaired) electrons. The summed E-state index contributed by atoms with van der Waals surface area (Å²) in [7, 11) is 0. The Morgan fingerprint density at radius 1 is 1.35 bits per heavy atom. The number of benzene rings is 1. The summed E-state index contributed by atoms with van der Waals surface area (Å²) in [5, 5.41) is 2.72. The highest BCUT2D eigenvalue weighted by molar-refractivity contribution is 5.77. The predicted molar refractivity (Wildman–Crippen MR) is 80.4 cm³/mol. The number of carbonyl (C=O) groups is 2. The lowest BCUT2D eigenvalue weighted by molar-refractivity contribution is -0.897. The summed E-state index contributed by atoms with van der Waals surface area (Å²) in [4.78, 5) is 24.3. The molecule has 0 spiro atoms. The Bertz CT molecular complexity index is 587. The van der Waals surface area contributed by atoms with Gasteiger partial charge in [0.2, 0.25) is 5.91 Å². The number of rotatable bonds is 5. The standard InChI is InChI=1S/C16H21F2N3O2/c1-10(13-3-2-12(17)8-14(13)18)20-15(22)9-21-6-4-11(5-7-21)16(19)23/h2-3,8,10-11H,4-7,9H2,1H3,(H2,19,23)(H,20,22)/p+1/t10-/m1/s1. The normalized spacial score (nSPS) is 22.4. The molecule has 126 valence electrons. The average molecular weight is 326 g/mol. The Balaban J connectivity index is 1.84. The van der Waals surface area contributed by atoms with Gasteiger partial charge in [0, 0.05) is 30.4 Å². The Morgan fingerprint density at radius 3 is 2.57 bits per heavy atom. The van der Waals surface area contributed by atoms with Gasteiger partial charge in [-0.3, -0.25) is 9.59 Å². The second-order valence-electron chi connectivity index (χ2n) is 6.06. The average Bonchev–Trinajstić information content (AvgIpc) is 2.47. The van der Waals surface area contributed by atoms with Crippen molar-refractivity contribution in [3.63, 3.8) is 0 Å². The first-order valence-corrected chi connectivity index (χ1v) is 7.74. The molecule has 1 atom stereocenters. The maximum absolute atomic E-state index is 13.7. The number of nitrogens with one attached hydrogen (secondary N) is 2. The molecule has 0 unspecified atom stereocenters. The van der Waals surface area contributed by atoms with Crippen LogP contribution in [0.25, 0.3) is 0 Å². The molecule has 1 fully saturated rings. The first-order valence-electron chi connectivity index (χ1n) is 7.74. The van der Waals surface area contributed by atoms with E-state index in [-0.39, 0.29) is 29.8 Å². The highest BCUT2D eigenvalue weighted by atomic mass is 19.1. The van der Waals surface area contributed by atoms with Crippen LogP contribution in [0.1, 0.15) is 31.4 Å². The molecule has 2 rings (SSSR count). The van der Waals surface area contributed by atoms with Crippen molar-refractivity contribution in [3.05, 3.63) is 35.4 Å². The Kier molecular flexibility index (Phi) is 5.65. The predicted octanol–water partition coefficient (Wildman–Crippen LogP) is -0.0778. The van der Waals surface area contributed by atoms with E-state index >= 15 is 0 Å². The zero-order valence-corrected chi connectivity index (χ0v) is 13.1. The molecule has 23 heavy (non-hydrogen) atoms. The van der Waals surface area contributed by atoms with E-state index in [1.54, 1.807) is 6.92 Å². The number of hydrogen-bond acceptors (Lipinski definition) is 2. The zero-order chi connectivity index (χ0) is 17.0. The number of likely N-dealkylation sites (tertiary alicyclic amines) is 1. The fraction of sp³-hybridized carbons (Fsp3) is 0.500. The molecule has 1 aliphatic heterocycles. The molecule has 2 amide bonds. The van der Waals surface area contributed by atoms with Crippen LogP contribution in [0.15, 0.2) is 18.2 Å². The van der Waals surface area contributed by atoms with Gasteiger partial charge in [-0.2, -0.15) is 0 Å². The van der Waals surface area contributed by atoms with Gasteiger partial charge in [-0.1, -0.05) is 6.07 Å².